The largest absolute Gasteiger partial charge is 0.475 e. The molecular formula is C12H21O4P. The van der Waals surface area contributed by atoms with Gasteiger partial charge in [-0.3, -0.25) is 13.6 Å². The van der Waals surface area contributed by atoms with E-state index < -0.39 is 7.82 Å². The third-order valence-electron chi connectivity index (χ3n) is 1.69. The van der Waals surface area contributed by atoms with E-state index in [1.165, 1.54) is 0 Å². The maximum atomic E-state index is 12.1. The summed E-state index contributed by atoms with van der Waals surface area (Å²) >= 11 is 0. The van der Waals surface area contributed by atoms with Crippen molar-refractivity contribution in [1.82, 2.24) is 0 Å². The summed E-state index contributed by atoms with van der Waals surface area (Å²) in [4.78, 5) is 0. The van der Waals surface area contributed by atoms with Crippen LogP contribution in [0.4, 0.5) is 0 Å². The minimum absolute atomic E-state index is 0.208. The highest BCUT2D eigenvalue weighted by Crippen LogP contribution is 2.49. The third kappa shape index (κ3) is 9.07. The topological polar surface area (TPSA) is 44.8 Å². The molecule has 0 amide bonds. The van der Waals surface area contributed by atoms with Crippen molar-refractivity contribution < 1.29 is 18.1 Å². The Kier molecular flexibility index (Phi) is 10.1. The van der Waals surface area contributed by atoms with Crippen LogP contribution in [0.15, 0.2) is 36.5 Å². The van der Waals surface area contributed by atoms with Crippen LogP contribution >= 0.6 is 7.82 Å². The molecule has 0 aliphatic rings. The molecule has 0 heterocycles. The van der Waals surface area contributed by atoms with Crippen LogP contribution in [0.25, 0.3) is 0 Å². The predicted octanol–water partition coefficient (Wildman–Crippen LogP) is 3.87. The van der Waals surface area contributed by atoms with Gasteiger partial charge in [0, 0.05) is 0 Å². The first-order valence-electron chi connectivity index (χ1n) is 5.55. The molecule has 4 nitrogen and oxygen atoms in total. The molecule has 0 rings (SSSR count). The average Bonchev–Trinajstić information content (AvgIpc) is 2.30. The van der Waals surface area contributed by atoms with Gasteiger partial charge in [-0.2, -0.15) is 0 Å². The van der Waals surface area contributed by atoms with Crippen molar-refractivity contribution in [2.75, 3.05) is 19.8 Å². The normalized spacial score (nSPS) is 13.4. The summed E-state index contributed by atoms with van der Waals surface area (Å²) in [7, 11) is -3.46. The van der Waals surface area contributed by atoms with Crippen LogP contribution in [0.2, 0.25) is 0 Å². The van der Waals surface area contributed by atoms with E-state index in [0.717, 1.165) is 0 Å². The lowest BCUT2D eigenvalue weighted by Gasteiger charge is -2.15. The molecule has 0 aromatic carbocycles. The van der Waals surface area contributed by atoms with Crippen molar-refractivity contribution in [2.45, 2.75) is 20.8 Å². The van der Waals surface area contributed by atoms with Gasteiger partial charge in [-0.15, -0.1) is 0 Å². The summed E-state index contributed by atoms with van der Waals surface area (Å²) in [5.41, 5.74) is 0. The summed E-state index contributed by atoms with van der Waals surface area (Å²) in [6.07, 6.45) is 10.6. The zero-order valence-electron chi connectivity index (χ0n) is 10.7. The number of phosphoric acid groups is 1. The number of allylic oxidation sites excluding steroid dienone is 3. The van der Waals surface area contributed by atoms with E-state index in [0.29, 0.717) is 0 Å². The van der Waals surface area contributed by atoms with Crippen LogP contribution in [0.3, 0.4) is 0 Å². The zero-order valence-corrected chi connectivity index (χ0v) is 11.6. The smallest absolute Gasteiger partial charge is 0.283 e. The first-order valence-corrected chi connectivity index (χ1v) is 7.01. The molecular weight excluding hydrogens is 239 g/mol. The highest BCUT2D eigenvalue weighted by atomic mass is 31.2. The molecule has 0 radical (unpaired) electrons. The Morgan fingerprint density at radius 2 is 1.06 bits per heavy atom. The van der Waals surface area contributed by atoms with Crippen molar-refractivity contribution in [3.8, 4) is 0 Å². The molecule has 0 unspecified atom stereocenters. The second kappa shape index (κ2) is 10.5. The third-order valence-corrected chi connectivity index (χ3v) is 3.09. The molecule has 0 aromatic rings. The maximum absolute atomic E-state index is 12.1. The molecule has 0 fully saturated rings. The van der Waals surface area contributed by atoms with Gasteiger partial charge in [-0.1, -0.05) is 36.5 Å². The monoisotopic (exact) mass is 260 g/mol. The Morgan fingerprint density at radius 1 is 0.765 bits per heavy atom. The Balaban J connectivity index is 4.28. The Morgan fingerprint density at radius 3 is 1.29 bits per heavy atom. The summed E-state index contributed by atoms with van der Waals surface area (Å²) < 4.78 is 27.4. The van der Waals surface area contributed by atoms with E-state index in [2.05, 4.69) is 0 Å². The van der Waals surface area contributed by atoms with Gasteiger partial charge in [-0.05, 0) is 20.8 Å². The van der Waals surface area contributed by atoms with Gasteiger partial charge < -0.3 is 0 Å². The minimum Gasteiger partial charge on any atom is -0.283 e. The number of phosphoric ester groups is 1. The highest BCUT2D eigenvalue weighted by Gasteiger charge is 2.24. The fourth-order valence-corrected chi connectivity index (χ4v) is 1.83. The van der Waals surface area contributed by atoms with Crippen LogP contribution in [0, 0.1) is 0 Å². The highest BCUT2D eigenvalue weighted by molar-refractivity contribution is 7.48. The summed E-state index contributed by atoms with van der Waals surface area (Å²) in [6, 6.07) is 0. The molecule has 98 valence electrons. The summed E-state index contributed by atoms with van der Waals surface area (Å²) in [6.45, 7) is 6.19. The van der Waals surface area contributed by atoms with Gasteiger partial charge in [0.25, 0.3) is 0 Å². The lowest BCUT2D eigenvalue weighted by molar-refractivity contribution is 0.141. The number of hydrogen-bond donors (Lipinski definition) is 0. The van der Waals surface area contributed by atoms with Gasteiger partial charge in [0.1, 0.15) is 0 Å². The zero-order chi connectivity index (χ0) is 13.0. The lowest BCUT2D eigenvalue weighted by atomic mass is 10.6. The van der Waals surface area contributed by atoms with E-state index in [9.17, 15) is 4.57 Å². The molecule has 17 heavy (non-hydrogen) atoms. The van der Waals surface area contributed by atoms with Crippen molar-refractivity contribution in [1.29, 1.82) is 0 Å². The molecule has 0 aromatic heterocycles. The molecule has 0 saturated carbocycles. The first kappa shape index (κ1) is 16.3. The standard InChI is InChI=1S/C12H21O4P/c1-4-7-10-14-17(13,15-11-8-5-2)16-12-9-6-3/h4-9H,10-12H2,1-3H3/b7-4+,8-5+,9-6+. The van der Waals surface area contributed by atoms with Crippen molar-refractivity contribution in [3.63, 3.8) is 0 Å². The average molecular weight is 260 g/mol. The van der Waals surface area contributed by atoms with Crippen molar-refractivity contribution >= 4 is 7.82 Å². The summed E-state index contributed by atoms with van der Waals surface area (Å²) in [5.74, 6) is 0. The maximum Gasteiger partial charge on any atom is 0.475 e. The van der Waals surface area contributed by atoms with E-state index >= 15 is 0 Å². The van der Waals surface area contributed by atoms with E-state index in [1.54, 1.807) is 18.2 Å². The van der Waals surface area contributed by atoms with Crippen LogP contribution in [0.1, 0.15) is 20.8 Å². The lowest BCUT2D eigenvalue weighted by Crippen LogP contribution is -2.01. The second-order valence-electron chi connectivity index (χ2n) is 3.04. The van der Waals surface area contributed by atoms with Gasteiger partial charge in [-0.25, -0.2) is 4.57 Å². The predicted molar refractivity (Wildman–Crippen MR) is 69.9 cm³/mol. The fourth-order valence-electron chi connectivity index (χ4n) is 0.803. The molecule has 0 atom stereocenters. The van der Waals surface area contributed by atoms with Crippen LogP contribution in [0.5, 0.6) is 0 Å². The molecule has 0 bridgehead atoms. The molecule has 0 N–H and O–H groups in total. The molecule has 5 heteroatoms. The first-order chi connectivity index (χ1) is 8.18. The van der Waals surface area contributed by atoms with Gasteiger partial charge in [0.05, 0.1) is 19.8 Å². The van der Waals surface area contributed by atoms with E-state index in [1.807, 2.05) is 39.0 Å². The quantitative estimate of drug-likeness (QED) is 0.466. The Bertz CT molecular complexity index is 260. The van der Waals surface area contributed by atoms with Gasteiger partial charge in [0.2, 0.25) is 0 Å². The summed E-state index contributed by atoms with van der Waals surface area (Å²) in [5, 5.41) is 0. The van der Waals surface area contributed by atoms with E-state index in [-0.39, 0.29) is 19.8 Å². The Labute approximate surface area is 104 Å². The molecule has 0 saturated heterocycles. The molecule has 0 spiro atoms. The van der Waals surface area contributed by atoms with Gasteiger partial charge in [0.15, 0.2) is 0 Å². The second-order valence-corrected chi connectivity index (χ2v) is 4.71. The van der Waals surface area contributed by atoms with Crippen LogP contribution < -0.4 is 0 Å². The van der Waals surface area contributed by atoms with Crippen LogP contribution in [-0.2, 0) is 18.1 Å². The Hall–Kier alpha value is -0.670. The van der Waals surface area contributed by atoms with E-state index in [4.69, 9.17) is 13.6 Å². The minimum atomic E-state index is -3.46. The number of rotatable bonds is 9. The van der Waals surface area contributed by atoms with Crippen molar-refractivity contribution in [2.24, 2.45) is 0 Å². The fraction of sp³-hybridized carbons (Fsp3) is 0.500. The number of hydrogen-bond acceptors (Lipinski definition) is 4. The molecule has 0 aliphatic carbocycles. The van der Waals surface area contributed by atoms with Crippen LogP contribution in [-0.4, -0.2) is 19.8 Å². The molecule has 0 aliphatic heterocycles. The van der Waals surface area contributed by atoms with Crippen molar-refractivity contribution in [3.05, 3.63) is 36.5 Å². The van der Waals surface area contributed by atoms with Gasteiger partial charge >= 0.3 is 7.82 Å². The SMILES string of the molecule is C/C=C/COP(=O)(OC/C=C/C)OC/C=C/C.